The summed E-state index contributed by atoms with van der Waals surface area (Å²) >= 11 is 12.5. The Morgan fingerprint density at radius 1 is 1.19 bits per heavy atom. The topological polar surface area (TPSA) is 128 Å². The van der Waals surface area contributed by atoms with Crippen molar-refractivity contribution in [2.45, 2.75) is 55.3 Å². The van der Waals surface area contributed by atoms with Crippen LogP contribution in [-0.2, 0) is 14.9 Å². The number of aliphatic hydroxyl groups is 4. The first-order valence-corrected chi connectivity index (χ1v) is 10.6. The molecule has 2 heterocycles. The molecule has 0 aromatic heterocycles. The minimum atomic E-state index is -1.54. The van der Waals surface area contributed by atoms with Crippen LogP contribution in [0.15, 0.2) is 40.6 Å². The molecule has 1 aliphatic carbocycles. The van der Waals surface area contributed by atoms with Gasteiger partial charge >= 0.3 is 0 Å². The van der Waals surface area contributed by atoms with Crippen LogP contribution in [0.4, 0.5) is 5.69 Å². The average Bonchev–Trinajstić information content (AvgIpc) is 2.72. The highest BCUT2D eigenvalue weighted by molar-refractivity contribution is 6.50. The van der Waals surface area contributed by atoms with Crippen molar-refractivity contribution >= 4 is 34.7 Å². The number of nitrogens with one attached hydrogen (secondary N) is 1. The molecule has 1 unspecified atom stereocenters. The standard InChI is InChI=1S/C21H23Cl2NO7/c1-21(2)9-5-8(30-20-19(29)18(28)17(27)13(7-25)31-20)3-4-11(9)24-12-6-10(22)16(26)15(23)14(12)21/h3-6,13,15,17-20,24-25,27-29H,7H2,1-2H3/t13-,15?,17+,18+,19-,20-/m1/s1. The molecule has 0 bridgehead atoms. The minimum Gasteiger partial charge on any atom is -0.462 e. The SMILES string of the molecule is CC1(C)C2=C(C=C(Cl)C(=O)C2Cl)Nc2ccc(O[C@@H]3O[C@H](CO)[C@H](O)[C@H](O)[C@H]3O)cc21. The van der Waals surface area contributed by atoms with Gasteiger partial charge in [0.2, 0.25) is 6.29 Å². The van der Waals surface area contributed by atoms with Gasteiger partial charge in [0.05, 0.1) is 11.6 Å². The number of Topliss-reactive ketones (excluding diaryl/α,β-unsaturated/α-hetero) is 1. The summed E-state index contributed by atoms with van der Waals surface area (Å²) in [6.45, 7) is 3.30. The molecular formula is C21H23Cl2NO7. The van der Waals surface area contributed by atoms with Gasteiger partial charge in [0, 0.05) is 16.8 Å². The first kappa shape index (κ1) is 22.5. The number of ketones is 1. The molecule has 0 saturated carbocycles. The van der Waals surface area contributed by atoms with Crippen molar-refractivity contribution < 1.29 is 34.7 Å². The van der Waals surface area contributed by atoms with E-state index in [-0.39, 0.29) is 10.8 Å². The second kappa shape index (κ2) is 8.04. The lowest BCUT2D eigenvalue weighted by molar-refractivity contribution is -0.277. The van der Waals surface area contributed by atoms with Crippen LogP contribution in [-0.4, -0.2) is 68.9 Å². The van der Waals surface area contributed by atoms with Crippen molar-refractivity contribution in [2.75, 3.05) is 11.9 Å². The lowest BCUT2D eigenvalue weighted by Crippen LogP contribution is -2.60. The van der Waals surface area contributed by atoms with Gasteiger partial charge in [0.25, 0.3) is 0 Å². The number of alkyl halides is 1. The largest absolute Gasteiger partial charge is 0.462 e. The Hall–Kier alpha value is -1.65. The van der Waals surface area contributed by atoms with Crippen LogP contribution in [0.2, 0.25) is 0 Å². The maximum Gasteiger partial charge on any atom is 0.229 e. The quantitative estimate of drug-likeness (QED) is 0.415. The third-order valence-electron chi connectivity index (χ3n) is 5.99. The maximum atomic E-state index is 12.3. The Balaban J connectivity index is 1.65. The molecule has 0 radical (unpaired) electrons. The molecule has 1 aromatic rings. The van der Waals surface area contributed by atoms with Gasteiger partial charge < -0.3 is 35.2 Å². The predicted molar refractivity (Wildman–Crippen MR) is 113 cm³/mol. The molecule has 5 N–H and O–H groups in total. The van der Waals surface area contributed by atoms with Gasteiger partial charge in [0.1, 0.15) is 35.5 Å². The molecular weight excluding hydrogens is 449 g/mol. The van der Waals surface area contributed by atoms with Gasteiger partial charge in [0.15, 0.2) is 5.78 Å². The van der Waals surface area contributed by atoms with Gasteiger partial charge in [-0.3, -0.25) is 4.79 Å². The summed E-state index contributed by atoms with van der Waals surface area (Å²) < 4.78 is 11.2. The molecule has 8 nitrogen and oxygen atoms in total. The van der Waals surface area contributed by atoms with Crippen molar-refractivity contribution in [3.63, 3.8) is 0 Å². The average molecular weight is 472 g/mol. The van der Waals surface area contributed by atoms with E-state index in [0.717, 1.165) is 11.3 Å². The Labute approximate surface area is 188 Å². The smallest absolute Gasteiger partial charge is 0.229 e. The van der Waals surface area contributed by atoms with E-state index in [1.165, 1.54) is 0 Å². The lowest BCUT2D eigenvalue weighted by Gasteiger charge is -2.41. The number of hydrogen-bond donors (Lipinski definition) is 5. The Morgan fingerprint density at radius 2 is 1.90 bits per heavy atom. The Morgan fingerprint density at radius 3 is 2.58 bits per heavy atom. The number of anilines is 1. The number of ether oxygens (including phenoxy) is 2. The van der Waals surface area contributed by atoms with Gasteiger partial charge in [-0.15, -0.1) is 11.6 Å². The summed E-state index contributed by atoms with van der Waals surface area (Å²) in [5, 5.41) is 41.9. The zero-order chi connectivity index (χ0) is 22.7. The lowest BCUT2D eigenvalue weighted by atomic mass is 9.70. The number of rotatable bonds is 3. The van der Waals surface area contributed by atoms with Crippen LogP contribution in [0.3, 0.4) is 0 Å². The van der Waals surface area contributed by atoms with E-state index in [2.05, 4.69) is 5.32 Å². The molecule has 1 fully saturated rings. The second-order valence-electron chi connectivity index (χ2n) is 8.32. The summed E-state index contributed by atoms with van der Waals surface area (Å²) in [5.74, 6) is -0.0435. The molecule has 3 aliphatic rings. The van der Waals surface area contributed by atoms with E-state index in [1.54, 1.807) is 24.3 Å². The maximum absolute atomic E-state index is 12.3. The van der Waals surface area contributed by atoms with E-state index in [4.69, 9.17) is 32.7 Å². The molecule has 31 heavy (non-hydrogen) atoms. The van der Waals surface area contributed by atoms with Crippen molar-refractivity contribution in [2.24, 2.45) is 0 Å². The fraction of sp³-hybridized carbons (Fsp3) is 0.476. The van der Waals surface area contributed by atoms with Crippen LogP contribution >= 0.6 is 23.2 Å². The third-order valence-corrected chi connectivity index (χ3v) is 6.70. The summed E-state index contributed by atoms with van der Waals surface area (Å²) in [7, 11) is 0. The van der Waals surface area contributed by atoms with Crippen molar-refractivity contribution in [3.8, 4) is 5.75 Å². The number of aliphatic hydroxyl groups excluding tert-OH is 4. The second-order valence-corrected chi connectivity index (χ2v) is 9.16. The molecule has 1 saturated heterocycles. The molecule has 2 aliphatic heterocycles. The molecule has 4 rings (SSSR count). The number of fused-ring (bicyclic) bond motifs is 1. The van der Waals surface area contributed by atoms with E-state index >= 15 is 0 Å². The summed E-state index contributed by atoms with van der Waals surface area (Å²) in [5.41, 5.74) is 2.26. The van der Waals surface area contributed by atoms with E-state index < -0.39 is 48.1 Å². The molecule has 1 aromatic carbocycles. The number of hydrogen-bond acceptors (Lipinski definition) is 8. The van der Waals surface area contributed by atoms with Crippen molar-refractivity contribution in [3.05, 3.63) is 46.1 Å². The summed E-state index contributed by atoms with van der Waals surface area (Å²) in [4.78, 5) is 12.3. The number of carbonyl (C=O) groups excluding carboxylic acids is 1. The molecule has 0 amide bonds. The highest BCUT2D eigenvalue weighted by atomic mass is 35.5. The zero-order valence-electron chi connectivity index (χ0n) is 16.8. The Kier molecular flexibility index (Phi) is 5.85. The monoisotopic (exact) mass is 471 g/mol. The van der Waals surface area contributed by atoms with E-state index in [0.29, 0.717) is 17.0 Å². The number of allylic oxidation sites excluding steroid dienone is 3. The highest BCUT2D eigenvalue weighted by Gasteiger charge is 2.46. The van der Waals surface area contributed by atoms with Gasteiger partial charge in [-0.05, 0) is 35.4 Å². The first-order valence-electron chi connectivity index (χ1n) is 9.75. The predicted octanol–water partition coefficient (Wildman–Crippen LogP) is 1.14. The minimum absolute atomic E-state index is 0.0630. The van der Waals surface area contributed by atoms with Gasteiger partial charge in [-0.25, -0.2) is 0 Å². The van der Waals surface area contributed by atoms with Crippen molar-refractivity contribution in [1.29, 1.82) is 0 Å². The number of carbonyl (C=O) groups is 1. The summed E-state index contributed by atoms with van der Waals surface area (Å²) in [6.07, 6.45) is -5.34. The molecule has 168 valence electrons. The van der Waals surface area contributed by atoms with Gasteiger partial charge in [-0.2, -0.15) is 0 Å². The zero-order valence-corrected chi connectivity index (χ0v) is 18.3. The highest BCUT2D eigenvalue weighted by Crippen LogP contribution is 2.48. The Bertz CT molecular complexity index is 974. The molecule has 10 heteroatoms. The fourth-order valence-corrected chi connectivity index (χ4v) is 5.01. The number of halogens is 2. The molecule has 0 spiro atoms. The third kappa shape index (κ3) is 3.66. The number of benzene rings is 1. The molecule has 6 atom stereocenters. The van der Waals surface area contributed by atoms with Crippen LogP contribution in [0.5, 0.6) is 5.75 Å². The first-order chi connectivity index (χ1) is 14.6. The van der Waals surface area contributed by atoms with Gasteiger partial charge in [-0.1, -0.05) is 25.4 Å². The fourth-order valence-electron chi connectivity index (χ4n) is 4.23. The van der Waals surface area contributed by atoms with E-state index in [1.807, 2.05) is 13.8 Å². The normalized spacial score (nSPS) is 34.5. The van der Waals surface area contributed by atoms with Crippen LogP contribution in [0.25, 0.3) is 0 Å². The van der Waals surface area contributed by atoms with Crippen LogP contribution in [0, 0.1) is 0 Å². The van der Waals surface area contributed by atoms with Crippen molar-refractivity contribution in [1.82, 2.24) is 0 Å². The van der Waals surface area contributed by atoms with Crippen LogP contribution < -0.4 is 10.1 Å². The summed E-state index contributed by atoms with van der Waals surface area (Å²) in [6, 6.07) is 5.13. The van der Waals surface area contributed by atoms with Crippen LogP contribution in [0.1, 0.15) is 19.4 Å². The van der Waals surface area contributed by atoms with E-state index in [9.17, 15) is 25.2 Å².